The van der Waals surface area contributed by atoms with Crippen molar-refractivity contribution in [3.63, 3.8) is 0 Å². The third kappa shape index (κ3) is 2.13. The Hall–Kier alpha value is -1.39. The van der Waals surface area contributed by atoms with Crippen LogP contribution in [0, 0.1) is 5.92 Å². The van der Waals surface area contributed by atoms with E-state index in [0.29, 0.717) is 5.92 Å². The lowest BCUT2D eigenvalue weighted by molar-refractivity contribution is 0.0982. The monoisotopic (exact) mass is 245 g/mol. The third-order valence-electron chi connectivity index (χ3n) is 3.77. The average molecular weight is 245 g/mol. The summed E-state index contributed by atoms with van der Waals surface area (Å²) in [6, 6.07) is 6.00. The van der Waals surface area contributed by atoms with Gasteiger partial charge in [-0.3, -0.25) is 0 Å². The van der Waals surface area contributed by atoms with E-state index in [1.165, 1.54) is 6.42 Å². The standard InChI is InChI=1S/C14H19N3O/c1-10-5-6-15-11(8-10)14(18)12-9-17-7-3-2-4-13(17)16-12/h2-4,7,9-11,14-15,18H,5-6,8H2,1H3. The summed E-state index contributed by atoms with van der Waals surface area (Å²) < 4.78 is 1.95. The van der Waals surface area contributed by atoms with Crippen LogP contribution in [0.1, 0.15) is 31.6 Å². The van der Waals surface area contributed by atoms with Gasteiger partial charge in [-0.05, 0) is 37.4 Å². The highest BCUT2D eigenvalue weighted by Gasteiger charge is 2.27. The van der Waals surface area contributed by atoms with Gasteiger partial charge in [0, 0.05) is 18.4 Å². The Balaban J connectivity index is 1.84. The molecule has 3 unspecified atom stereocenters. The molecule has 18 heavy (non-hydrogen) atoms. The number of aliphatic hydroxyl groups is 1. The Morgan fingerprint density at radius 2 is 2.39 bits per heavy atom. The maximum atomic E-state index is 10.4. The van der Waals surface area contributed by atoms with E-state index in [4.69, 9.17) is 0 Å². The third-order valence-corrected chi connectivity index (χ3v) is 3.77. The summed E-state index contributed by atoms with van der Waals surface area (Å²) >= 11 is 0. The number of aromatic nitrogens is 2. The molecule has 0 saturated carbocycles. The first kappa shape index (κ1) is 11.7. The number of rotatable bonds is 2. The van der Waals surface area contributed by atoms with E-state index in [1.54, 1.807) is 0 Å². The molecule has 1 aliphatic rings. The molecule has 4 heteroatoms. The normalized spacial score (nSPS) is 26.3. The first-order chi connectivity index (χ1) is 8.74. The molecule has 1 aliphatic heterocycles. The highest BCUT2D eigenvalue weighted by atomic mass is 16.3. The summed E-state index contributed by atoms with van der Waals surface area (Å²) in [6.45, 7) is 3.22. The molecule has 0 bridgehead atoms. The molecule has 3 rings (SSSR count). The summed E-state index contributed by atoms with van der Waals surface area (Å²) in [7, 11) is 0. The molecule has 2 aromatic rings. The predicted molar refractivity (Wildman–Crippen MR) is 70.3 cm³/mol. The molecule has 0 spiro atoms. The number of fused-ring (bicyclic) bond motifs is 1. The zero-order valence-corrected chi connectivity index (χ0v) is 10.6. The Morgan fingerprint density at radius 1 is 1.50 bits per heavy atom. The summed E-state index contributed by atoms with van der Waals surface area (Å²) in [5, 5.41) is 13.8. The van der Waals surface area contributed by atoms with Crippen LogP contribution in [0.3, 0.4) is 0 Å². The molecule has 3 atom stereocenters. The SMILES string of the molecule is CC1CCNC(C(O)c2cn3ccccc3n2)C1. The number of nitrogens with one attached hydrogen (secondary N) is 1. The molecule has 96 valence electrons. The van der Waals surface area contributed by atoms with Crippen molar-refractivity contribution in [2.24, 2.45) is 5.92 Å². The van der Waals surface area contributed by atoms with Gasteiger partial charge in [-0.15, -0.1) is 0 Å². The second kappa shape index (κ2) is 4.71. The van der Waals surface area contributed by atoms with E-state index in [-0.39, 0.29) is 6.04 Å². The Labute approximate surface area is 107 Å². The van der Waals surface area contributed by atoms with Gasteiger partial charge in [-0.1, -0.05) is 13.0 Å². The Morgan fingerprint density at radius 3 is 3.17 bits per heavy atom. The van der Waals surface area contributed by atoms with Crippen LogP contribution in [0.5, 0.6) is 0 Å². The minimum absolute atomic E-state index is 0.124. The van der Waals surface area contributed by atoms with Crippen molar-refractivity contribution in [2.75, 3.05) is 6.54 Å². The van der Waals surface area contributed by atoms with Crippen molar-refractivity contribution < 1.29 is 5.11 Å². The summed E-state index contributed by atoms with van der Waals surface area (Å²) in [6.07, 6.45) is 5.55. The summed E-state index contributed by atoms with van der Waals surface area (Å²) in [5.41, 5.74) is 1.64. The fraction of sp³-hybridized carbons (Fsp3) is 0.500. The maximum Gasteiger partial charge on any atom is 0.137 e. The number of hydrogen-bond donors (Lipinski definition) is 2. The highest BCUT2D eigenvalue weighted by Crippen LogP contribution is 2.25. The van der Waals surface area contributed by atoms with E-state index in [9.17, 15) is 5.11 Å². The molecular weight excluding hydrogens is 226 g/mol. The van der Waals surface area contributed by atoms with Gasteiger partial charge >= 0.3 is 0 Å². The van der Waals surface area contributed by atoms with Crippen molar-refractivity contribution in [1.82, 2.24) is 14.7 Å². The lowest BCUT2D eigenvalue weighted by Crippen LogP contribution is -2.41. The largest absolute Gasteiger partial charge is 0.385 e. The van der Waals surface area contributed by atoms with Gasteiger partial charge in [-0.2, -0.15) is 0 Å². The van der Waals surface area contributed by atoms with Crippen LogP contribution in [0.25, 0.3) is 5.65 Å². The maximum absolute atomic E-state index is 10.4. The molecular formula is C14H19N3O. The van der Waals surface area contributed by atoms with Crippen LogP contribution >= 0.6 is 0 Å². The van der Waals surface area contributed by atoms with Crippen LogP contribution in [-0.2, 0) is 0 Å². The second-order valence-electron chi connectivity index (χ2n) is 5.27. The van der Waals surface area contributed by atoms with Crippen molar-refractivity contribution in [3.8, 4) is 0 Å². The van der Waals surface area contributed by atoms with Gasteiger partial charge in [0.15, 0.2) is 0 Å². The molecule has 4 nitrogen and oxygen atoms in total. The molecule has 2 aromatic heterocycles. The average Bonchev–Trinajstić information content (AvgIpc) is 2.81. The van der Waals surface area contributed by atoms with E-state index in [2.05, 4.69) is 17.2 Å². The van der Waals surface area contributed by atoms with Crippen molar-refractivity contribution in [3.05, 3.63) is 36.3 Å². The zero-order valence-electron chi connectivity index (χ0n) is 10.6. The number of aliphatic hydroxyl groups excluding tert-OH is 1. The van der Waals surface area contributed by atoms with Crippen molar-refractivity contribution >= 4 is 5.65 Å². The van der Waals surface area contributed by atoms with E-state index < -0.39 is 6.10 Å². The fourth-order valence-corrected chi connectivity index (χ4v) is 2.69. The first-order valence-electron chi connectivity index (χ1n) is 6.59. The molecule has 0 amide bonds. The van der Waals surface area contributed by atoms with Crippen LogP contribution in [0.15, 0.2) is 30.6 Å². The van der Waals surface area contributed by atoms with Gasteiger partial charge in [0.2, 0.25) is 0 Å². The highest BCUT2D eigenvalue weighted by molar-refractivity contribution is 5.40. The molecule has 2 N–H and O–H groups in total. The van der Waals surface area contributed by atoms with Crippen molar-refractivity contribution in [1.29, 1.82) is 0 Å². The van der Waals surface area contributed by atoms with Crippen LogP contribution < -0.4 is 5.32 Å². The number of imidazole rings is 1. The number of pyridine rings is 1. The van der Waals surface area contributed by atoms with Gasteiger partial charge in [0.1, 0.15) is 11.8 Å². The lowest BCUT2D eigenvalue weighted by Gasteiger charge is -2.30. The van der Waals surface area contributed by atoms with E-state index in [0.717, 1.165) is 24.3 Å². The van der Waals surface area contributed by atoms with Crippen LogP contribution in [0.2, 0.25) is 0 Å². The smallest absolute Gasteiger partial charge is 0.137 e. The predicted octanol–water partition coefficient (Wildman–Crippen LogP) is 1.76. The van der Waals surface area contributed by atoms with Crippen LogP contribution in [-0.4, -0.2) is 27.1 Å². The Kier molecular flexibility index (Phi) is 3.06. The molecule has 0 aromatic carbocycles. The zero-order chi connectivity index (χ0) is 12.5. The molecule has 3 heterocycles. The topological polar surface area (TPSA) is 49.6 Å². The second-order valence-corrected chi connectivity index (χ2v) is 5.27. The van der Waals surface area contributed by atoms with Crippen LogP contribution in [0.4, 0.5) is 0 Å². The minimum atomic E-state index is -0.521. The van der Waals surface area contributed by atoms with E-state index in [1.807, 2.05) is 35.0 Å². The van der Waals surface area contributed by atoms with Crippen molar-refractivity contribution in [2.45, 2.75) is 31.9 Å². The van der Waals surface area contributed by atoms with Gasteiger partial charge in [0.25, 0.3) is 0 Å². The van der Waals surface area contributed by atoms with E-state index >= 15 is 0 Å². The lowest BCUT2D eigenvalue weighted by atomic mass is 9.90. The van der Waals surface area contributed by atoms with Gasteiger partial charge < -0.3 is 14.8 Å². The fourth-order valence-electron chi connectivity index (χ4n) is 2.69. The quantitative estimate of drug-likeness (QED) is 0.847. The minimum Gasteiger partial charge on any atom is -0.385 e. The molecule has 1 fully saturated rings. The van der Waals surface area contributed by atoms with Gasteiger partial charge in [0.05, 0.1) is 5.69 Å². The molecule has 0 radical (unpaired) electrons. The summed E-state index contributed by atoms with van der Waals surface area (Å²) in [4.78, 5) is 4.49. The summed E-state index contributed by atoms with van der Waals surface area (Å²) in [5.74, 6) is 0.669. The molecule has 0 aliphatic carbocycles. The first-order valence-corrected chi connectivity index (χ1v) is 6.59. The van der Waals surface area contributed by atoms with Gasteiger partial charge in [-0.25, -0.2) is 4.98 Å². The number of hydrogen-bond acceptors (Lipinski definition) is 3. The number of nitrogens with zero attached hydrogens (tertiary/aromatic N) is 2. The number of piperidine rings is 1. The Bertz CT molecular complexity index is 504. The molecule has 1 saturated heterocycles.